The van der Waals surface area contributed by atoms with Gasteiger partial charge in [0.05, 0.1) is 12.6 Å². The molecule has 1 aliphatic rings. The molecule has 2 aromatic rings. The Labute approximate surface area is 128 Å². The third kappa shape index (κ3) is 2.49. The van der Waals surface area contributed by atoms with Crippen molar-refractivity contribution in [3.8, 4) is 0 Å². The third-order valence-corrected chi connectivity index (χ3v) is 4.53. The Morgan fingerprint density at radius 1 is 1.48 bits per heavy atom. The van der Waals surface area contributed by atoms with Crippen LogP contribution in [0.3, 0.4) is 0 Å². The number of nitrogens with zero attached hydrogens (tertiary/aromatic N) is 2. The minimum atomic E-state index is -0.161. The molecule has 1 aliphatic heterocycles. The zero-order valence-corrected chi connectivity index (χ0v) is 12.5. The molecule has 0 bridgehead atoms. The van der Waals surface area contributed by atoms with E-state index >= 15 is 0 Å². The zero-order valence-electron chi connectivity index (χ0n) is 11.8. The van der Waals surface area contributed by atoms with E-state index in [0.717, 1.165) is 17.2 Å². The third-order valence-electron chi connectivity index (χ3n) is 4.24. The van der Waals surface area contributed by atoms with E-state index in [9.17, 15) is 9.90 Å². The molecule has 0 saturated carbocycles. The van der Waals surface area contributed by atoms with Gasteiger partial charge < -0.3 is 10.0 Å². The van der Waals surface area contributed by atoms with E-state index < -0.39 is 0 Å². The largest absolute Gasteiger partial charge is 0.394 e. The number of halogens is 1. The molecule has 1 aromatic heterocycles. The molecule has 2 heterocycles. The molecule has 2 unspecified atom stereocenters. The Morgan fingerprint density at radius 2 is 2.24 bits per heavy atom. The van der Waals surface area contributed by atoms with Gasteiger partial charge in [0.1, 0.15) is 10.8 Å². The highest BCUT2D eigenvalue weighted by Gasteiger charge is 2.34. The molecule has 1 fully saturated rings. The minimum Gasteiger partial charge on any atom is -0.394 e. The average molecular weight is 305 g/mol. The first-order valence-corrected chi connectivity index (χ1v) is 7.46. The lowest BCUT2D eigenvalue weighted by atomic mass is 10.0. The van der Waals surface area contributed by atoms with Gasteiger partial charge in [-0.15, -0.1) is 0 Å². The van der Waals surface area contributed by atoms with Crippen molar-refractivity contribution in [3.63, 3.8) is 0 Å². The fourth-order valence-electron chi connectivity index (χ4n) is 2.95. The van der Waals surface area contributed by atoms with Crippen LogP contribution in [0.1, 0.15) is 23.8 Å². The molecule has 2 atom stereocenters. The predicted molar refractivity (Wildman–Crippen MR) is 82.4 cm³/mol. The smallest absolute Gasteiger partial charge is 0.272 e. The van der Waals surface area contributed by atoms with Gasteiger partial charge in [-0.3, -0.25) is 4.79 Å². The summed E-state index contributed by atoms with van der Waals surface area (Å²) in [4.78, 5) is 18.6. The maximum absolute atomic E-state index is 12.7. The number of likely N-dealkylation sites (tertiary alicyclic amines) is 1. The fourth-order valence-corrected chi connectivity index (χ4v) is 3.21. The number of pyridine rings is 1. The Bertz CT molecular complexity index is 689. The Morgan fingerprint density at radius 3 is 3.00 bits per heavy atom. The summed E-state index contributed by atoms with van der Waals surface area (Å²) in [5.41, 5.74) is 0.339. The number of amides is 1. The van der Waals surface area contributed by atoms with Gasteiger partial charge in [-0.2, -0.15) is 0 Å². The highest BCUT2D eigenvalue weighted by molar-refractivity contribution is 6.34. The number of benzene rings is 1. The van der Waals surface area contributed by atoms with Gasteiger partial charge in [0.25, 0.3) is 5.91 Å². The molecular weight excluding hydrogens is 288 g/mol. The normalized spacial score (nSPS) is 22.0. The highest BCUT2D eigenvalue weighted by atomic mass is 35.5. The summed E-state index contributed by atoms with van der Waals surface area (Å²) in [6, 6.07) is 9.22. The summed E-state index contributed by atoms with van der Waals surface area (Å²) < 4.78 is 0. The van der Waals surface area contributed by atoms with Gasteiger partial charge in [0.2, 0.25) is 0 Å². The first kappa shape index (κ1) is 14.3. The zero-order chi connectivity index (χ0) is 15.0. The highest BCUT2D eigenvalue weighted by Crippen LogP contribution is 2.27. The fraction of sp³-hybridized carbons (Fsp3) is 0.375. The summed E-state index contributed by atoms with van der Waals surface area (Å²) in [6.07, 6.45) is 0.901. The topological polar surface area (TPSA) is 53.4 Å². The first-order chi connectivity index (χ1) is 10.1. The number of aromatic nitrogens is 1. The van der Waals surface area contributed by atoms with Crippen molar-refractivity contribution in [1.82, 2.24) is 9.88 Å². The van der Waals surface area contributed by atoms with Crippen LogP contribution in [-0.2, 0) is 0 Å². The van der Waals surface area contributed by atoms with Gasteiger partial charge in [-0.05, 0) is 23.8 Å². The number of hydrogen-bond acceptors (Lipinski definition) is 3. The molecule has 4 nitrogen and oxygen atoms in total. The molecule has 1 aromatic carbocycles. The second kappa shape index (κ2) is 5.62. The van der Waals surface area contributed by atoms with Crippen molar-refractivity contribution in [1.29, 1.82) is 0 Å². The van der Waals surface area contributed by atoms with Crippen LogP contribution in [0.4, 0.5) is 0 Å². The number of hydrogen-bond donors (Lipinski definition) is 1. The Hall–Kier alpha value is -1.65. The van der Waals surface area contributed by atoms with Crippen LogP contribution in [0.5, 0.6) is 0 Å². The molecule has 0 aliphatic carbocycles. The van der Waals surface area contributed by atoms with E-state index in [1.165, 1.54) is 0 Å². The van der Waals surface area contributed by atoms with E-state index in [4.69, 9.17) is 11.6 Å². The van der Waals surface area contributed by atoms with Crippen molar-refractivity contribution in [3.05, 3.63) is 41.2 Å². The molecule has 110 valence electrons. The van der Waals surface area contributed by atoms with Crippen LogP contribution >= 0.6 is 11.6 Å². The Balaban J connectivity index is 1.98. The van der Waals surface area contributed by atoms with Gasteiger partial charge >= 0.3 is 0 Å². The molecule has 0 radical (unpaired) electrons. The lowest BCUT2D eigenvalue weighted by Gasteiger charge is -2.25. The van der Waals surface area contributed by atoms with E-state index in [2.05, 4.69) is 11.9 Å². The summed E-state index contributed by atoms with van der Waals surface area (Å²) in [7, 11) is 0. The first-order valence-electron chi connectivity index (χ1n) is 7.09. The number of aliphatic hydroxyl groups excluding tert-OH is 1. The lowest BCUT2D eigenvalue weighted by molar-refractivity contribution is 0.0642. The molecular formula is C16H17ClN2O2. The van der Waals surface area contributed by atoms with Gasteiger partial charge in [0, 0.05) is 11.9 Å². The molecule has 3 rings (SSSR count). The Kier molecular flexibility index (Phi) is 3.83. The van der Waals surface area contributed by atoms with Gasteiger partial charge in [-0.25, -0.2) is 4.98 Å². The second-order valence-corrected chi connectivity index (χ2v) is 5.89. The van der Waals surface area contributed by atoms with Gasteiger partial charge in [-0.1, -0.05) is 42.8 Å². The standard InChI is InChI=1S/C16H17ClN2O2/c1-10-6-7-19(14(10)9-20)16(21)13-8-11-4-2-3-5-12(11)15(17)18-13/h2-5,8,10,14,20H,6-7,9H2,1H3. The summed E-state index contributed by atoms with van der Waals surface area (Å²) in [6.45, 7) is 2.68. The van der Waals surface area contributed by atoms with Crippen LogP contribution in [0.15, 0.2) is 30.3 Å². The quantitative estimate of drug-likeness (QED) is 0.868. The SMILES string of the molecule is CC1CCN(C(=O)c2cc3ccccc3c(Cl)n2)C1CO. The van der Waals surface area contributed by atoms with Crippen molar-refractivity contribution < 1.29 is 9.90 Å². The van der Waals surface area contributed by atoms with Crippen LogP contribution in [0, 0.1) is 5.92 Å². The maximum Gasteiger partial charge on any atom is 0.272 e. The molecule has 1 saturated heterocycles. The molecule has 0 spiro atoms. The van der Waals surface area contributed by atoms with Crippen LogP contribution in [0.2, 0.25) is 5.15 Å². The van der Waals surface area contributed by atoms with Crippen LogP contribution < -0.4 is 0 Å². The molecule has 21 heavy (non-hydrogen) atoms. The van der Waals surface area contributed by atoms with Crippen LogP contribution in [-0.4, -0.2) is 40.1 Å². The molecule has 1 amide bonds. The van der Waals surface area contributed by atoms with Crippen LogP contribution in [0.25, 0.3) is 10.8 Å². The second-order valence-electron chi connectivity index (χ2n) is 5.53. The van der Waals surface area contributed by atoms with Crippen molar-refractivity contribution in [2.24, 2.45) is 5.92 Å². The maximum atomic E-state index is 12.7. The summed E-state index contributed by atoms with van der Waals surface area (Å²) >= 11 is 6.18. The number of carbonyl (C=O) groups excluding carboxylic acids is 1. The van der Waals surface area contributed by atoms with E-state index in [-0.39, 0.29) is 18.6 Å². The number of fused-ring (bicyclic) bond motifs is 1. The number of rotatable bonds is 2. The average Bonchev–Trinajstić information content (AvgIpc) is 2.87. The van der Waals surface area contributed by atoms with E-state index in [1.807, 2.05) is 24.3 Å². The summed E-state index contributed by atoms with van der Waals surface area (Å²) in [5.74, 6) is 0.140. The van der Waals surface area contributed by atoms with E-state index in [0.29, 0.717) is 23.3 Å². The molecule has 5 heteroatoms. The van der Waals surface area contributed by atoms with E-state index in [1.54, 1.807) is 11.0 Å². The number of aliphatic hydroxyl groups is 1. The van der Waals surface area contributed by atoms with Crippen molar-refractivity contribution in [2.75, 3.05) is 13.2 Å². The van der Waals surface area contributed by atoms with Crippen molar-refractivity contribution in [2.45, 2.75) is 19.4 Å². The number of carbonyl (C=O) groups is 1. The van der Waals surface area contributed by atoms with Gasteiger partial charge in [0.15, 0.2) is 0 Å². The lowest BCUT2D eigenvalue weighted by Crippen LogP contribution is -2.40. The predicted octanol–water partition coefficient (Wildman–Crippen LogP) is 2.73. The monoisotopic (exact) mass is 304 g/mol. The summed E-state index contributed by atoms with van der Waals surface area (Å²) in [5, 5.41) is 11.6. The molecule has 1 N–H and O–H groups in total. The minimum absolute atomic E-state index is 0.0196. The van der Waals surface area contributed by atoms with Crippen molar-refractivity contribution >= 4 is 28.3 Å².